The van der Waals surface area contributed by atoms with E-state index in [1.807, 2.05) is 32.9 Å². The number of ether oxygens (including phenoxy) is 1. The van der Waals surface area contributed by atoms with Crippen LogP contribution in [0.4, 0.5) is 0 Å². The molecule has 4 nitrogen and oxygen atoms in total. The van der Waals surface area contributed by atoms with Gasteiger partial charge in [0, 0.05) is 11.6 Å². The van der Waals surface area contributed by atoms with E-state index in [1.54, 1.807) is 12.1 Å². The van der Waals surface area contributed by atoms with Crippen LogP contribution in [0, 0.1) is 10.1 Å². The molecular weight excluding hydrogens is 206 g/mol. The van der Waals surface area contributed by atoms with Crippen molar-refractivity contribution in [1.82, 2.24) is 0 Å². The standard InChI is InChI=1S/C12H15NO3/c1-12(2,3)16-11-7-5-4-6-10(11)8-9-13(14)15/h4-9H,1-3H3/b9-8+. The molecule has 16 heavy (non-hydrogen) atoms. The smallest absolute Gasteiger partial charge is 0.235 e. The van der Waals surface area contributed by atoms with Crippen LogP contribution in [0.3, 0.4) is 0 Å². The normalized spacial score (nSPS) is 11.7. The number of hydrogen-bond acceptors (Lipinski definition) is 3. The highest BCUT2D eigenvalue weighted by atomic mass is 16.6. The maximum atomic E-state index is 10.2. The highest BCUT2D eigenvalue weighted by molar-refractivity contribution is 5.56. The third-order valence-electron chi connectivity index (χ3n) is 1.71. The lowest BCUT2D eigenvalue weighted by Crippen LogP contribution is -2.23. The van der Waals surface area contributed by atoms with Gasteiger partial charge in [0.15, 0.2) is 0 Å². The zero-order valence-electron chi connectivity index (χ0n) is 9.64. The zero-order chi connectivity index (χ0) is 12.2. The van der Waals surface area contributed by atoms with Gasteiger partial charge in [-0.2, -0.15) is 0 Å². The molecule has 0 aliphatic rings. The summed E-state index contributed by atoms with van der Waals surface area (Å²) < 4.78 is 5.69. The number of rotatable bonds is 3. The quantitative estimate of drug-likeness (QED) is 0.582. The molecular formula is C12H15NO3. The highest BCUT2D eigenvalue weighted by Gasteiger charge is 2.13. The molecule has 86 valence electrons. The Morgan fingerprint density at radius 1 is 1.31 bits per heavy atom. The Bertz CT molecular complexity index is 405. The Morgan fingerprint density at radius 2 is 1.94 bits per heavy atom. The molecule has 1 rings (SSSR count). The minimum Gasteiger partial charge on any atom is -0.488 e. The third kappa shape index (κ3) is 4.13. The second-order valence-electron chi connectivity index (χ2n) is 4.35. The van der Waals surface area contributed by atoms with Crippen LogP contribution in [0.5, 0.6) is 5.75 Å². The molecule has 0 radical (unpaired) electrons. The first-order chi connectivity index (χ1) is 7.38. The van der Waals surface area contributed by atoms with E-state index in [2.05, 4.69) is 0 Å². The van der Waals surface area contributed by atoms with Gasteiger partial charge in [0.1, 0.15) is 11.4 Å². The van der Waals surface area contributed by atoms with Crippen LogP contribution in [0.1, 0.15) is 26.3 Å². The van der Waals surface area contributed by atoms with Crippen molar-refractivity contribution >= 4 is 6.08 Å². The van der Waals surface area contributed by atoms with Crippen LogP contribution in [-0.4, -0.2) is 10.5 Å². The monoisotopic (exact) mass is 221 g/mol. The highest BCUT2D eigenvalue weighted by Crippen LogP contribution is 2.23. The maximum absolute atomic E-state index is 10.2. The third-order valence-corrected chi connectivity index (χ3v) is 1.71. The zero-order valence-corrected chi connectivity index (χ0v) is 9.64. The molecule has 4 heteroatoms. The summed E-state index contributed by atoms with van der Waals surface area (Å²) in [6.07, 6.45) is 2.34. The number of nitrogens with zero attached hydrogens (tertiary/aromatic N) is 1. The van der Waals surface area contributed by atoms with Crippen molar-refractivity contribution < 1.29 is 9.66 Å². The van der Waals surface area contributed by atoms with Crippen molar-refractivity contribution in [3.63, 3.8) is 0 Å². The fourth-order valence-corrected chi connectivity index (χ4v) is 1.18. The number of benzene rings is 1. The summed E-state index contributed by atoms with van der Waals surface area (Å²) in [5.74, 6) is 0.646. The first-order valence-corrected chi connectivity index (χ1v) is 4.98. The summed E-state index contributed by atoms with van der Waals surface area (Å²) in [7, 11) is 0. The summed E-state index contributed by atoms with van der Waals surface area (Å²) >= 11 is 0. The number of hydrogen-bond donors (Lipinski definition) is 0. The minimum atomic E-state index is -0.492. The van der Waals surface area contributed by atoms with Crippen molar-refractivity contribution in [1.29, 1.82) is 0 Å². The van der Waals surface area contributed by atoms with E-state index < -0.39 is 4.92 Å². The molecule has 0 saturated heterocycles. The van der Waals surface area contributed by atoms with Crippen molar-refractivity contribution in [2.24, 2.45) is 0 Å². The van der Waals surface area contributed by atoms with Gasteiger partial charge >= 0.3 is 0 Å². The SMILES string of the molecule is CC(C)(C)Oc1ccccc1/C=C/[N+](=O)[O-]. The van der Waals surface area contributed by atoms with Gasteiger partial charge in [0.05, 0.1) is 4.92 Å². The van der Waals surface area contributed by atoms with Gasteiger partial charge < -0.3 is 4.74 Å². The molecule has 0 spiro atoms. The predicted molar refractivity (Wildman–Crippen MR) is 62.9 cm³/mol. The van der Waals surface area contributed by atoms with Gasteiger partial charge in [-0.1, -0.05) is 18.2 Å². The molecule has 1 aromatic rings. The topological polar surface area (TPSA) is 52.4 Å². The van der Waals surface area contributed by atoms with Gasteiger partial charge in [-0.15, -0.1) is 0 Å². The molecule has 0 aromatic heterocycles. The van der Waals surface area contributed by atoms with Gasteiger partial charge in [0.2, 0.25) is 6.20 Å². The Morgan fingerprint density at radius 3 is 2.50 bits per heavy atom. The molecule has 0 aliphatic carbocycles. The van der Waals surface area contributed by atoms with E-state index in [0.29, 0.717) is 11.3 Å². The molecule has 0 unspecified atom stereocenters. The van der Waals surface area contributed by atoms with Gasteiger partial charge in [0.25, 0.3) is 0 Å². The average Bonchev–Trinajstić information content (AvgIpc) is 2.14. The molecule has 0 bridgehead atoms. The van der Waals surface area contributed by atoms with Crippen LogP contribution >= 0.6 is 0 Å². The molecule has 0 heterocycles. The first kappa shape index (κ1) is 12.2. The lowest BCUT2D eigenvalue weighted by Gasteiger charge is -2.22. The van der Waals surface area contributed by atoms with Crippen LogP contribution in [0.15, 0.2) is 30.5 Å². The Balaban J connectivity index is 2.96. The molecule has 0 saturated carbocycles. The molecule has 0 N–H and O–H groups in total. The Hall–Kier alpha value is -1.84. The van der Waals surface area contributed by atoms with Gasteiger partial charge in [-0.25, -0.2) is 0 Å². The van der Waals surface area contributed by atoms with Crippen molar-refractivity contribution in [2.75, 3.05) is 0 Å². The summed E-state index contributed by atoms with van der Waals surface area (Å²) in [5, 5.41) is 10.2. The van der Waals surface area contributed by atoms with Crippen LogP contribution in [-0.2, 0) is 0 Å². The van der Waals surface area contributed by atoms with Crippen LogP contribution in [0.2, 0.25) is 0 Å². The number of para-hydroxylation sites is 1. The fourth-order valence-electron chi connectivity index (χ4n) is 1.18. The van der Waals surface area contributed by atoms with E-state index in [1.165, 1.54) is 6.08 Å². The second kappa shape index (κ2) is 4.79. The summed E-state index contributed by atoms with van der Waals surface area (Å²) in [4.78, 5) is 9.75. The van der Waals surface area contributed by atoms with Gasteiger partial charge in [-0.3, -0.25) is 10.1 Å². The molecule has 1 aromatic carbocycles. The molecule has 0 fully saturated rings. The first-order valence-electron chi connectivity index (χ1n) is 4.98. The van der Waals surface area contributed by atoms with E-state index in [9.17, 15) is 10.1 Å². The van der Waals surface area contributed by atoms with Crippen LogP contribution < -0.4 is 4.74 Å². The van der Waals surface area contributed by atoms with Crippen molar-refractivity contribution in [3.05, 3.63) is 46.1 Å². The summed E-state index contributed by atoms with van der Waals surface area (Å²) in [6, 6.07) is 7.23. The minimum absolute atomic E-state index is 0.321. The largest absolute Gasteiger partial charge is 0.488 e. The fraction of sp³-hybridized carbons (Fsp3) is 0.333. The van der Waals surface area contributed by atoms with E-state index in [4.69, 9.17) is 4.74 Å². The number of nitro groups is 1. The van der Waals surface area contributed by atoms with Crippen molar-refractivity contribution in [3.8, 4) is 5.75 Å². The lowest BCUT2D eigenvalue weighted by molar-refractivity contribution is -0.400. The van der Waals surface area contributed by atoms with E-state index in [-0.39, 0.29) is 5.60 Å². The van der Waals surface area contributed by atoms with Crippen LogP contribution in [0.25, 0.3) is 6.08 Å². The Labute approximate surface area is 94.7 Å². The predicted octanol–water partition coefficient (Wildman–Crippen LogP) is 3.11. The molecule has 0 amide bonds. The van der Waals surface area contributed by atoms with Crippen molar-refractivity contribution in [2.45, 2.75) is 26.4 Å². The average molecular weight is 221 g/mol. The second-order valence-corrected chi connectivity index (χ2v) is 4.35. The summed E-state index contributed by atoms with van der Waals surface area (Å²) in [5.41, 5.74) is 0.382. The maximum Gasteiger partial charge on any atom is 0.235 e. The summed E-state index contributed by atoms with van der Waals surface area (Å²) in [6.45, 7) is 5.79. The van der Waals surface area contributed by atoms with Gasteiger partial charge in [-0.05, 0) is 26.8 Å². The van der Waals surface area contributed by atoms with E-state index in [0.717, 1.165) is 6.20 Å². The Kier molecular flexibility index (Phi) is 3.66. The van der Waals surface area contributed by atoms with E-state index >= 15 is 0 Å². The molecule has 0 atom stereocenters. The molecule has 0 aliphatic heterocycles. The lowest BCUT2D eigenvalue weighted by atomic mass is 10.1.